The van der Waals surface area contributed by atoms with E-state index in [0.29, 0.717) is 21.8 Å². The van der Waals surface area contributed by atoms with Crippen molar-refractivity contribution in [3.05, 3.63) is 58.6 Å². The van der Waals surface area contributed by atoms with Crippen molar-refractivity contribution in [2.45, 2.75) is 19.0 Å². The second-order valence-corrected chi connectivity index (χ2v) is 8.12. The van der Waals surface area contributed by atoms with Gasteiger partial charge in [0.15, 0.2) is 16.7 Å². The van der Waals surface area contributed by atoms with Gasteiger partial charge in [0.05, 0.1) is 5.75 Å². The minimum absolute atomic E-state index is 0.0911. The maximum Gasteiger partial charge on any atom is 0.234 e. The highest BCUT2D eigenvalue weighted by atomic mass is 35.5. The van der Waals surface area contributed by atoms with E-state index in [4.69, 9.17) is 16.0 Å². The highest BCUT2D eigenvalue weighted by Crippen LogP contribution is 2.30. The average molecular weight is 427 g/mol. The van der Waals surface area contributed by atoms with E-state index in [0.717, 1.165) is 27.8 Å². The number of fused-ring (bicyclic) bond motifs is 1. The number of rotatable bonds is 5. The second kappa shape index (κ2) is 7.93. The van der Waals surface area contributed by atoms with E-state index in [2.05, 4.69) is 15.5 Å². The third kappa shape index (κ3) is 4.02. The summed E-state index contributed by atoms with van der Waals surface area (Å²) >= 11 is 7.36. The zero-order chi connectivity index (χ0) is 20.5. The molecule has 0 atom stereocenters. The topological polar surface area (TPSA) is 73.0 Å². The Morgan fingerprint density at radius 3 is 2.86 bits per heavy atom. The molecule has 2 aromatic carbocycles. The van der Waals surface area contributed by atoms with E-state index >= 15 is 0 Å². The van der Waals surface area contributed by atoms with Crippen molar-refractivity contribution in [2.24, 2.45) is 7.05 Å². The standard InChI is InChI=1S/C21H19ClN4O2S/c1-12-5-4-6-16(13(12)2)23-19(27)11-29-21-25-24-20(26(21)3)18-10-14-9-15(22)7-8-17(14)28-18/h4-10H,11H2,1-3H3,(H,23,27). The minimum Gasteiger partial charge on any atom is -0.453 e. The smallest absolute Gasteiger partial charge is 0.234 e. The lowest BCUT2D eigenvalue weighted by molar-refractivity contribution is -0.113. The Hall–Kier alpha value is -2.77. The summed E-state index contributed by atoms with van der Waals surface area (Å²) in [6.45, 7) is 4.01. The molecule has 0 unspecified atom stereocenters. The van der Waals surface area contributed by atoms with Gasteiger partial charge in [0.1, 0.15) is 5.58 Å². The van der Waals surface area contributed by atoms with E-state index < -0.39 is 0 Å². The molecule has 0 bridgehead atoms. The highest BCUT2D eigenvalue weighted by Gasteiger charge is 2.17. The third-order valence-corrected chi connectivity index (χ3v) is 6.00. The lowest BCUT2D eigenvalue weighted by Crippen LogP contribution is -2.15. The van der Waals surface area contributed by atoms with Crippen molar-refractivity contribution in [1.82, 2.24) is 14.8 Å². The van der Waals surface area contributed by atoms with E-state index in [1.165, 1.54) is 11.8 Å². The van der Waals surface area contributed by atoms with Crippen molar-refractivity contribution in [3.8, 4) is 11.6 Å². The van der Waals surface area contributed by atoms with Crippen molar-refractivity contribution < 1.29 is 9.21 Å². The first kappa shape index (κ1) is 19.5. The zero-order valence-corrected chi connectivity index (χ0v) is 17.8. The van der Waals surface area contributed by atoms with Crippen LogP contribution in [0.3, 0.4) is 0 Å². The van der Waals surface area contributed by atoms with E-state index in [9.17, 15) is 4.79 Å². The molecular formula is C21H19ClN4O2S. The summed E-state index contributed by atoms with van der Waals surface area (Å²) in [6, 6.07) is 13.2. The van der Waals surface area contributed by atoms with Crippen LogP contribution in [0.15, 0.2) is 52.0 Å². The van der Waals surface area contributed by atoms with Gasteiger partial charge in [0.25, 0.3) is 0 Å². The van der Waals surface area contributed by atoms with Crippen LogP contribution >= 0.6 is 23.4 Å². The number of aromatic nitrogens is 3. The summed E-state index contributed by atoms with van der Waals surface area (Å²) in [7, 11) is 1.85. The van der Waals surface area contributed by atoms with Gasteiger partial charge in [-0.05, 0) is 55.3 Å². The molecule has 1 N–H and O–H groups in total. The highest BCUT2D eigenvalue weighted by molar-refractivity contribution is 7.99. The number of furan rings is 1. The number of carbonyl (C=O) groups is 1. The van der Waals surface area contributed by atoms with Gasteiger partial charge >= 0.3 is 0 Å². The van der Waals surface area contributed by atoms with Crippen molar-refractivity contribution in [3.63, 3.8) is 0 Å². The van der Waals surface area contributed by atoms with Crippen molar-refractivity contribution >= 4 is 45.9 Å². The van der Waals surface area contributed by atoms with Gasteiger partial charge in [-0.25, -0.2) is 0 Å². The summed E-state index contributed by atoms with van der Waals surface area (Å²) in [5.74, 6) is 1.33. The Balaban J connectivity index is 1.47. The van der Waals surface area contributed by atoms with Crippen LogP contribution < -0.4 is 5.32 Å². The molecule has 0 saturated heterocycles. The van der Waals surface area contributed by atoms with Gasteiger partial charge in [-0.2, -0.15) is 0 Å². The maximum absolute atomic E-state index is 12.4. The molecule has 0 aliphatic heterocycles. The summed E-state index contributed by atoms with van der Waals surface area (Å²) in [4.78, 5) is 12.4. The molecule has 0 fully saturated rings. The molecule has 8 heteroatoms. The molecule has 1 amide bonds. The number of amides is 1. The Morgan fingerprint density at radius 2 is 2.03 bits per heavy atom. The van der Waals surface area contributed by atoms with Gasteiger partial charge in [-0.3, -0.25) is 4.79 Å². The van der Waals surface area contributed by atoms with Crippen LogP contribution in [0.5, 0.6) is 0 Å². The first-order chi connectivity index (χ1) is 13.9. The van der Waals surface area contributed by atoms with Crippen LogP contribution in [0.2, 0.25) is 5.02 Å². The van der Waals surface area contributed by atoms with Gasteiger partial charge in [-0.15, -0.1) is 10.2 Å². The lowest BCUT2D eigenvalue weighted by atomic mass is 10.1. The monoisotopic (exact) mass is 426 g/mol. The quantitative estimate of drug-likeness (QED) is 0.442. The number of nitrogens with one attached hydrogen (secondary N) is 1. The van der Waals surface area contributed by atoms with Gasteiger partial charge in [0, 0.05) is 23.1 Å². The summed E-state index contributed by atoms with van der Waals surface area (Å²) in [6.07, 6.45) is 0. The maximum atomic E-state index is 12.4. The van der Waals surface area contributed by atoms with E-state index in [1.807, 2.05) is 61.9 Å². The Kier molecular flexibility index (Phi) is 5.34. The molecule has 0 radical (unpaired) electrons. The van der Waals surface area contributed by atoms with Crippen molar-refractivity contribution in [2.75, 3.05) is 11.1 Å². The molecule has 148 valence electrons. The van der Waals surface area contributed by atoms with Gasteiger partial charge < -0.3 is 14.3 Å². The van der Waals surface area contributed by atoms with Gasteiger partial charge in [-0.1, -0.05) is 35.5 Å². The number of thioether (sulfide) groups is 1. The normalized spacial score (nSPS) is 11.2. The molecule has 2 aromatic heterocycles. The lowest BCUT2D eigenvalue weighted by Gasteiger charge is -2.10. The number of carbonyl (C=O) groups excluding carboxylic acids is 1. The van der Waals surface area contributed by atoms with E-state index in [-0.39, 0.29) is 11.7 Å². The van der Waals surface area contributed by atoms with Crippen LogP contribution in [0.1, 0.15) is 11.1 Å². The zero-order valence-electron chi connectivity index (χ0n) is 16.2. The van der Waals surface area contributed by atoms with Crippen LogP contribution in [-0.2, 0) is 11.8 Å². The Labute approximate surface area is 177 Å². The molecule has 0 saturated carbocycles. The van der Waals surface area contributed by atoms with Crippen LogP contribution in [0.4, 0.5) is 5.69 Å². The molecule has 2 heterocycles. The first-order valence-electron chi connectivity index (χ1n) is 9.00. The number of hydrogen-bond acceptors (Lipinski definition) is 5. The molecule has 0 aliphatic rings. The predicted molar refractivity (Wildman–Crippen MR) is 116 cm³/mol. The SMILES string of the molecule is Cc1cccc(NC(=O)CSc2nnc(-c3cc4cc(Cl)ccc4o3)n2C)c1C. The second-order valence-electron chi connectivity index (χ2n) is 6.74. The molecule has 4 aromatic rings. The molecule has 4 rings (SSSR count). The number of hydrogen-bond donors (Lipinski definition) is 1. The fraction of sp³-hybridized carbons (Fsp3) is 0.190. The Bertz CT molecular complexity index is 1210. The molecule has 29 heavy (non-hydrogen) atoms. The summed E-state index contributed by atoms with van der Waals surface area (Å²) < 4.78 is 7.68. The molecule has 6 nitrogen and oxygen atoms in total. The van der Waals surface area contributed by atoms with Crippen LogP contribution in [0, 0.1) is 13.8 Å². The number of benzene rings is 2. The fourth-order valence-electron chi connectivity index (χ4n) is 2.98. The third-order valence-electron chi connectivity index (χ3n) is 4.74. The van der Waals surface area contributed by atoms with Crippen LogP contribution in [0.25, 0.3) is 22.6 Å². The number of nitrogens with zero attached hydrogens (tertiary/aromatic N) is 3. The number of aryl methyl sites for hydroxylation is 1. The summed E-state index contributed by atoms with van der Waals surface area (Å²) in [5.41, 5.74) is 3.77. The number of anilines is 1. The first-order valence-corrected chi connectivity index (χ1v) is 10.4. The van der Waals surface area contributed by atoms with E-state index in [1.54, 1.807) is 6.07 Å². The van der Waals surface area contributed by atoms with Crippen LogP contribution in [-0.4, -0.2) is 26.4 Å². The van der Waals surface area contributed by atoms with Crippen molar-refractivity contribution in [1.29, 1.82) is 0 Å². The van der Waals surface area contributed by atoms with Gasteiger partial charge in [0.2, 0.25) is 5.91 Å². The number of halogens is 1. The average Bonchev–Trinajstić information content (AvgIpc) is 3.26. The summed E-state index contributed by atoms with van der Waals surface area (Å²) in [5, 5.41) is 13.6. The largest absolute Gasteiger partial charge is 0.453 e. The molecule has 0 aliphatic carbocycles. The molecular weight excluding hydrogens is 408 g/mol. The minimum atomic E-state index is -0.0911. The Morgan fingerprint density at radius 1 is 1.21 bits per heavy atom. The molecule has 0 spiro atoms. The fourth-order valence-corrected chi connectivity index (χ4v) is 3.87. The predicted octanol–water partition coefficient (Wildman–Crippen LogP) is 5.23.